The van der Waals surface area contributed by atoms with Crippen LogP contribution in [0.2, 0.25) is 0 Å². The van der Waals surface area contributed by atoms with Gasteiger partial charge in [-0.1, -0.05) is 28.1 Å². The summed E-state index contributed by atoms with van der Waals surface area (Å²) in [5, 5.41) is 0. The topological polar surface area (TPSA) is 78.3 Å². The van der Waals surface area contributed by atoms with Crippen molar-refractivity contribution in [3.05, 3.63) is 58.1 Å². The molecule has 0 atom stereocenters. The number of hydrogen-bond acceptors (Lipinski definition) is 4. The summed E-state index contributed by atoms with van der Waals surface area (Å²) in [6.07, 6.45) is 0. The summed E-state index contributed by atoms with van der Waals surface area (Å²) >= 11 is 3.36. The Bertz CT molecular complexity index is 594. The number of esters is 1. The molecule has 0 saturated heterocycles. The summed E-state index contributed by atoms with van der Waals surface area (Å²) in [7, 11) is 0. The van der Waals surface area contributed by atoms with E-state index in [-0.39, 0.29) is 6.61 Å². The SMILES string of the molecule is Nc1cc(N)cc(C(=O)OCc2cccc(Br)c2)c1. The number of carbonyl (C=O) groups excluding carboxylic acids is 1. The molecule has 0 aliphatic rings. The molecule has 0 unspecified atom stereocenters. The van der Waals surface area contributed by atoms with Crippen LogP contribution in [0.4, 0.5) is 11.4 Å². The van der Waals surface area contributed by atoms with Gasteiger partial charge in [0.15, 0.2) is 0 Å². The number of hydrogen-bond donors (Lipinski definition) is 2. The number of carbonyl (C=O) groups is 1. The Hall–Kier alpha value is -2.01. The summed E-state index contributed by atoms with van der Waals surface area (Å²) in [4.78, 5) is 11.9. The van der Waals surface area contributed by atoms with Crippen molar-refractivity contribution >= 4 is 33.3 Å². The smallest absolute Gasteiger partial charge is 0.338 e. The highest BCUT2D eigenvalue weighted by atomic mass is 79.9. The standard InChI is InChI=1S/C14H13BrN2O2/c15-11-3-1-2-9(4-11)8-19-14(18)10-5-12(16)7-13(17)6-10/h1-7H,8,16-17H2. The average molecular weight is 321 g/mol. The van der Waals surface area contributed by atoms with Gasteiger partial charge >= 0.3 is 5.97 Å². The molecular formula is C14H13BrN2O2. The monoisotopic (exact) mass is 320 g/mol. The Morgan fingerprint density at radius 1 is 1.11 bits per heavy atom. The van der Waals surface area contributed by atoms with Gasteiger partial charge < -0.3 is 16.2 Å². The zero-order valence-corrected chi connectivity index (χ0v) is 11.7. The van der Waals surface area contributed by atoms with Crippen molar-refractivity contribution in [2.24, 2.45) is 0 Å². The number of halogens is 1. The van der Waals surface area contributed by atoms with Crippen LogP contribution in [0.1, 0.15) is 15.9 Å². The van der Waals surface area contributed by atoms with Crippen molar-refractivity contribution in [3.8, 4) is 0 Å². The predicted molar refractivity (Wildman–Crippen MR) is 78.5 cm³/mol. The maximum atomic E-state index is 11.9. The molecule has 0 bridgehead atoms. The van der Waals surface area contributed by atoms with Gasteiger partial charge in [-0.2, -0.15) is 0 Å². The first-order valence-corrected chi connectivity index (χ1v) is 6.41. The maximum absolute atomic E-state index is 11.9. The molecule has 2 aromatic carbocycles. The molecule has 0 fully saturated rings. The average Bonchev–Trinajstić information content (AvgIpc) is 2.35. The third-order valence-corrected chi connectivity index (χ3v) is 2.97. The molecular weight excluding hydrogens is 308 g/mol. The molecule has 5 heteroatoms. The molecule has 0 saturated carbocycles. The molecule has 2 aromatic rings. The lowest BCUT2D eigenvalue weighted by Gasteiger charge is -2.07. The lowest BCUT2D eigenvalue weighted by molar-refractivity contribution is 0.0473. The summed E-state index contributed by atoms with van der Waals surface area (Å²) in [6.45, 7) is 0.201. The van der Waals surface area contributed by atoms with Crippen LogP contribution in [0.3, 0.4) is 0 Å². The van der Waals surface area contributed by atoms with Gasteiger partial charge in [0.25, 0.3) is 0 Å². The Morgan fingerprint density at radius 3 is 2.42 bits per heavy atom. The number of benzene rings is 2. The second-order valence-corrected chi connectivity index (χ2v) is 5.01. The van der Waals surface area contributed by atoms with Crippen LogP contribution in [0, 0.1) is 0 Å². The van der Waals surface area contributed by atoms with E-state index in [1.807, 2.05) is 24.3 Å². The summed E-state index contributed by atoms with van der Waals surface area (Å²) < 4.78 is 6.15. The van der Waals surface area contributed by atoms with Gasteiger partial charge in [0.2, 0.25) is 0 Å². The van der Waals surface area contributed by atoms with Gasteiger partial charge in [0, 0.05) is 15.8 Å². The molecule has 0 radical (unpaired) electrons. The van der Waals surface area contributed by atoms with Gasteiger partial charge in [0.1, 0.15) is 6.61 Å². The van der Waals surface area contributed by atoms with Crippen LogP contribution in [0.15, 0.2) is 46.9 Å². The van der Waals surface area contributed by atoms with E-state index in [0.717, 1.165) is 10.0 Å². The Morgan fingerprint density at radius 2 is 1.79 bits per heavy atom. The van der Waals surface area contributed by atoms with E-state index < -0.39 is 5.97 Å². The first-order chi connectivity index (χ1) is 9.04. The predicted octanol–water partition coefficient (Wildman–Crippen LogP) is 2.97. The minimum Gasteiger partial charge on any atom is -0.457 e. The molecule has 0 amide bonds. The van der Waals surface area contributed by atoms with Gasteiger partial charge in [-0.3, -0.25) is 0 Å². The van der Waals surface area contributed by atoms with E-state index in [2.05, 4.69) is 15.9 Å². The zero-order chi connectivity index (χ0) is 13.8. The number of anilines is 2. The molecule has 4 N–H and O–H groups in total. The van der Waals surface area contributed by atoms with Crippen molar-refractivity contribution in [3.63, 3.8) is 0 Å². The largest absolute Gasteiger partial charge is 0.457 e. The van der Waals surface area contributed by atoms with E-state index in [1.54, 1.807) is 18.2 Å². The fourth-order valence-corrected chi connectivity index (χ4v) is 2.10. The van der Waals surface area contributed by atoms with E-state index in [1.165, 1.54) is 0 Å². The van der Waals surface area contributed by atoms with Gasteiger partial charge in [0.05, 0.1) is 5.56 Å². The van der Waals surface area contributed by atoms with E-state index >= 15 is 0 Å². The van der Waals surface area contributed by atoms with Crippen LogP contribution in [-0.2, 0) is 11.3 Å². The molecule has 19 heavy (non-hydrogen) atoms. The minimum absolute atomic E-state index is 0.201. The maximum Gasteiger partial charge on any atom is 0.338 e. The highest BCUT2D eigenvalue weighted by Gasteiger charge is 2.09. The van der Waals surface area contributed by atoms with Crippen molar-refractivity contribution in [2.45, 2.75) is 6.61 Å². The number of rotatable bonds is 3. The van der Waals surface area contributed by atoms with Crippen LogP contribution >= 0.6 is 15.9 Å². The molecule has 0 aliphatic carbocycles. The molecule has 98 valence electrons. The first-order valence-electron chi connectivity index (χ1n) is 5.62. The summed E-state index contributed by atoms with van der Waals surface area (Å²) in [5.74, 6) is -0.445. The van der Waals surface area contributed by atoms with Crippen LogP contribution in [0.5, 0.6) is 0 Å². The third kappa shape index (κ3) is 3.72. The van der Waals surface area contributed by atoms with E-state index in [9.17, 15) is 4.79 Å². The molecule has 0 heterocycles. The second kappa shape index (κ2) is 5.75. The number of nitrogens with two attached hydrogens (primary N) is 2. The highest BCUT2D eigenvalue weighted by molar-refractivity contribution is 9.10. The van der Waals surface area contributed by atoms with Gasteiger partial charge in [-0.25, -0.2) is 4.79 Å². The highest BCUT2D eigenvalue weighted by Crippen LogP contribution is 2.16. The lowest BCUT2D eigenvalue weighted by atomic mass is 10.2. The van der Waals surface area contributed by atoms with Crippen molar-refractivity contribution in [2.75, 3.05) is 11.5 Å². The lowest BCUT2D eigenvalue weighted by Crippen LogP contribution is -2.06. The fraction of sp³-hybridized carbons (Fsp3) is 0.0714. The molecule has 2 rings (SSSR count). The third-order valence-electron chi connectivity index (χ3n) is 2.47. The Labute approximate surface area is 119 Å². The minimum atomic E-state index is -0.445. The zero-order valence-electron chi connectivity index (χ0n) is 10.1. The van der Waals surface area contributed by atoms with E-state index in [0.29, 0.717) is 16.9 Å². The molecule has 0 aliphatic heterocycles. The van der Waals surface area contributed by atoms with E-state index in [4.69, 9.17) is 16.2 Å². The summed E-state index contributed by atoms with van der Waals surface area (Å²) in [6, 6.07) is 12.2. The molecule has 0 aromatic heterocycles. The number of ether oxygens (including phenoxy) is 1. The van der Waals surface area contributed by atoms with Crippen LogP contribution in [0.25, 0.3) is 0 Å². The first kappa shape index (κ1) is 13.4. The van der Waals surface area contributed by atoms with Crippen molar-refractivity contribution in [1.29, 1.82) is 0 Å². The second-order valence-electron chi connectivity index (χ2n) is 4.09. The molecule has 4 nitrogen and oxygen atoms in total. The molecule has 0 spiro atoms. The quantitative estimate of drug-likeness (QED) is 0.673. The summed E-state index contributed by atoms with van der Waals surface area (Å²) in [5.41, 5.74) is 13.4. The normalized spacial score (nSPS) is 10.2. The number of nitrogen functional groups attached to an aromatic ring is 2. The Kier molecular flexibility index (Phi) is 4.06. The van der Waals surface area contributed by atoms with Gasteiger partial charge in [-0.05, 0) is 35.9 Å². The van der Waals surface area contributed by atoms with Crippen LogP contribution < -0.4 is 11.5 Å². The van der Waals surface area contributed by atoms with Crippen molar-refractivity contribution in [1.82, 2.24) is 0 Å². The van der Waals surface area contributed by atoms with Gasteiger partial charge in [-0.15, -0.1) is 0 Å². The Balaban J connectivity index is 2.05. The fourth-order valence-electron chi connectivity index (χ4n) is 1.65. The van der Waals surface area contributed by atoms with Crippen LogP contribution in [-0.4, -0.2) is 5.97 Å². The van der Waals surface area contributed by atoms with Crippen molar-refractivity contribution < 1.29 is 9.53 Å².